The lowest BCUT2D eigenvalue weighted by molar-refractivity contribution is 0.768. The van der Waals surface area contributed by atoms with Crippen molar-refractivity contribution in [2.75, 3.05) is 14.7 Å². The van der Waals surface area contributed by atoms with Crippen molar-refractivity contribution in [1.82, 2.24) is 0 Å². The first-order chi connectivity index (χ1) is 40.8. The number of anilines is 9. The Kier molecular flexibility index (Phi) is 10.3. The smallest absolute Gasteiger partial charge is 0.252 e. The Bertz CT molecular complexity index is 4600. The van der Waals surface area contributed by atoms with Crippen molar-refractivity contribution in [3.8, 4) is 33.4 Å². The number of rotatable bonds is 7. The van der Waals surface area contributed by atoms with Crippen LogP contribution in [0.1, 0.15) is 22.3 Å². The molecule has 0 atom stereocenters. The molecule has 3 nitrogen and oxygen atoms in total. The summed E-state index contributed by atoms with van der Waals surface area (Å²) in [5, 5.41) is 5.97. The minimum Gasteiger partial charge on any atom is -0.311 e. The molecule has 1 aliphatic carbocycles. The van der Waals surface area contributed by atoms with Gasteiger partial charge in [-0.15, -0.1) is 0 Å². The highest BCUT2D eigenvalue weighted by Gasteiger charge is 2.53. The minimum absolute atomic E-state index is 0.132. The fraction of sp³-hybridized carbons (Fsp3) is 0.0649. The Morgan fingerprint density at radius 1 is 0.349 bits per heavy atom. The fourth-order valence-electron chi connectivity index (χ4n) is 16.0. The van der Waals surface area contributed by atoms with Crippen molar-refractivity contribution in [2.45, 2.75) is 31.6 Å². The third-order valence-electron chi connectivity index (χ3n) is 19.5. The lowest BCUT2D eigenvalue weighted by Crippen LogP contribution is -2.62. The Hall–Kier alpha value is -9.46. The van der Waals surface area contributed by atoms with Crippen LogP contribution < -0.4 is 51.8 Å². The second-order valence-corrected chi connectivity index (χ2v) is 32.9. The summed E-state index contributed by atoms with van der Waals surface area (Å²) >= 11 is 0. The van der Waals surface area contributed by atoms with Gasteiger partial charge in [-0.25, -0.2) is 0 Å². The molecular formula is C77H58BN3Si2. The predicted octanol–water partition coefficient (Wildman–Crippen LogP) is 15.2. The standard InChI is InChI=1S/C77H58BN3Si2/c1-82(2)67-42-24-21-38-58(67)72-64(41-26-44-69(72)82)79(53-31-14-7-15-32-53)56-49-65-74-66(50-56)81(55-35-18-9-19-36-55)76-63(47-48-70-73(76)59-39-22-25-43-68(59)83(70,3)4)78(74)62-46-45-61-71(75(62)80(65)54-33-16-8-17-34-54)57-37-20-23-40-60(57)77(61,51-27-10-5-11-28-51)52-29-12-6-13-30-52/h5-50H,1-4H3. The second kappa shape index (κ2) is 17.8. The van der Waals surface area contributed by atoms with Crippen molar-refractivity contribution in [3.05, 3.63) is 301 Å². The zero-order valence-corrected chi connectivity index (χ0v) is 49.0. The summed E-state index contributed by atoms with van der Waals surface area (Å²) in [6.45, 7) is 10.0. The van der Waals surface area contributed by atoms with Crippen molar-refractivity contribution in [2.24, 2.45) is 0 Å². The van der Waals surface area contributed by atoms with Crippen LogP contribution in [-0.4, -0.2) is 22.9 Å². The summed E-state index contributed by atoms with van der Waals surface area (Å²) in [4.78, 5) is 7.94. The van der Waals surface area contributed by atoms with Crippen LogP contribution in [0.3, 0.4) is 0 Å². The van der Waals surface area contributed by atoms with Crippen molar-refractivity contribution in [1.29, 1.82) is 0 Å². The van der Waals surface area contributed by atoms with E-state index >= 15 is 0 Å². The van der Waals surface area contributed by atoms with Crippen molar-refractivity contribution >= 4 is 111 Å². The van der Waals surface area contributed by atoms with Crippen LogP contribution in [0.15, 0.2) is 279 Å². The maximum absolute atomic E-state index is 2.68. The molecule has 83 heavy (non-hydrogen) atoms. The first kappa shape index (κ1) is 48.3. The fourth-order valence-corrected chi connectivity index (χ4v) is 22.2. The van der Waals surface area contributed by atoms with Gasteiger partial charge in [-0.1, -0.05) is 251 Å². The molecule has 0 amide bonds. The first-order valence-corrected chi connectivity index (χ1v) is 35.4. The van der Waals surface area contributed by atoms with Gasteiger partial charge in [-0.3, -0.25) is 0 Å². The van der Waals surface area contributed by atoms with Gasteiger partial charge >= 0.3 is 0 Å². The van der Waals surface area contributed by atoms with E-state index in [1.54, 1.807) is 0 Å². The van der Waals surface area contributed by atoms with Crippen LogP contribution in [0.4, 0.5) is 51.2 Å². The van der Waals surface area contributed by atoms with Crippen LogP contribution in [0, 0.1) is 0 Å². The van der Waals surface area contributed by atoms with Gasteiger partial charge in [0, 0.05) is 56.5 Å². The van der Waals surface area contributed by atoms with E-state index in [0.717, 1.165) is 22.7 Å². The summed E-state index contributed by atoms with van der Waals surface area (Å²) in [6.07, 6.45) is 0. The summed E-state index contributed by atoms with van der Waals surface area (Å²) in [7, 11) is -4.24. The van der Waals surface area contributed by atoms with Gasteiger partial charge in [0.15, 0.2) is 0 Å². The molecule has 0 fully saturated rings. The van der Waals surface area contributed by atoms with E-state index in [1.165, 1.54) is 121 Å². The largest absolute Gasteiger partial charge is 0.311 e. The molecule has 0 spiro atoms. The molecule has 0 saturated heterocycles. The third-order valence-corrected chi connectivity index (χ3v) is 26.6. The first-order valence-electron chi connectivity index (χ1n) is 29.4. The molecule has 0 saturated carbocycles. The van der Waals surface area contributed by atoms with E-state index in [9.17, 15) is 0 Å². The Balaban J connectivity index is 1.05. The number of hydrogen-bond acceptors (Lipinski definition) is 3. The normalized spacial score (nSPS) is 15.2. The quantitative estimate of drug-likeness (QED) is 0.147. The molecule has 17 rings (SSSR count). The van der Waals surface area contributed by atoms with Gasteiger partial charge in [0.05, 0.1) is 16.8 Å². The average Bonchev–Trinajstić information content (AvgIpc) is 1.83. The van der Waals surface area contributed by atoms with E-state index < -0.39 is 21.6 Å². The molecule has 0 N–H and O–H groups in total. The number of hydrogen-bond donors (Lipinski definition) is 0. The molecule has 392 valence electrons. The molecule has 0 unspecified atom stereocenters. The summed E-state index contributed by atoms with van der Waals surface area (Å²) in [5.74, 6) is 0. The Morgan fingerprint density at radius 2 is 0.795 bits per heavy atom. The molecule has 0 radical (unpaired) electrons. The lowest BCUT2D eigenvalue weighted by atomic mass is 9.33. The monoisotopic (exact) mass is 1090 g/mol. The van der Waals surface area contributed by atoms with Gasteiger partial charge in [-0.05, 0) is 131 Å². The number of fused-ring (bicyclic) bond motifs is 15. The van der Waals surface area contributed by atoms with Crippen LogP contribution >= 0.6 is 0 Å². The average molecular weight is 1090 g/mol. The summed E-state index contributed by atoms with van der Waals surface area (Å²) < 4.78 is 0. The molecule has 5 aliphatic rings. The number of nitrogens with zero attached hydrogens (tertiary/aromatic N) is 3. The lowest BCUT2D eigenvalue weighted by Gasteiger charge is -2.46. The zero-order chi connectivity index (χ0) is 55.3. The topological polar surface area (TPSA) is 9.72 Å². The third kappa shape index (κ3) is 6.51. The molecule has 6 heteroatoms. The molecule has 12 aromatic carbocycles. The maximum Gasteiger partial charge on any atom is 0.252 e. The molecule has 0 bridgehead atoms. The van der Waals surface area contributed by atoms with E-state index in [4.69, 9.17) is 0 Å². The van der Waals surface area contributed by atoms with E-state index in [2.05, 4.69) is 320 Å². The summed E-state index contributed by atoms with van der Waals surface area (Å²) in [5.41, 5.74) is 27.0. The Labute approximate surface area is 489 Å². The molecule has 4 aliphatic heterocycles. The van der Waals surface area contributed by atoms with Crippen LogP contribution in [0.5, 0.6) is 0 Å². The number of benzene rings is 12. The van der Waals surface area contributed by atoms with Gasteiger partial charge < -0.3 is 14.7 Å². The van der Waals surface area contributed by atoms with Gasteiger partial charge in [0.25, 0.3) is 6.71 Å². The highest BCUT2D eigenvalue weighted by atomic mass is 28.3. The van der Waals surface area contributed by atoms with E-state index in [-0.39, 0.29) is 6.71 Å². The van der Waals surface area contributed by atoms with Crippen molar-refractivity contribution < 1.29 is 0 Å². The summed E-state index contributed by atoms with van der Waals surface area (Å²) in [6, 6.07) is 107. The van der Waals surface area contributed by atoms with Crippen LogP contribution in [0.25, 0.3) is 33.4 Å². The highest BCUT2D eigenvalue weighted by molar-refractivity contribution is 7.05. The van der Waals surface area contributed by atoms with E-state index in [1.807, 2.05) is 0 Å². The maximum atomic E-state index is 2.68. The van der Waals surface area contributed by atoms with Gasteiger partial charge in [0.2, 0.25) is 0 Å². The van der Waals surface area contributed by atoms with Crippen LogP contribution in [0.2, 0.25) is 26.2 Å². The number of para-hydroxylation sites is 3. The zero-order valence-electron chi connectivity index (χ0n) is 47.0. The van der Waals surface area contributed by atoms with Gasteiger partial charge in [0.1, 0.15) is 16.1 Å². The molecule has 0 aromatic heterocycles. The minimum atomic E-state index is -2.16. The Morgan fingerprint density at radius 3 is 1.37 bits per heavy atom. The SMILES string of the molecule is C[Si]1(C)c2ccccc2-c2c(N(c3ccccc3)c3cc4c5c(c3)N(c3ccccc3)c3c(ccc6c3-c3ccccc3[Si]6(C)C)B5c3ccc5c(c3N4c3ccccc3)-c3ccccc3C5(c3ccccc3)c3ccccc3)cccc21. The van der Waals surface area contributed by atoms with Crippen LogP contribution in [-0.2, 0) is 5.41 Å². The molecule has 12 aromatic rings. The van der Waals surface area contributed by atoms with E-state index in [0.29, 0.717) is 0 Å². The van der Waals surface area contributed by atoms with Crippen molar-refractivity contribution in [3.63, 3.8) is 0 Å². The second-order valence-electron chi connectivity index (χ2n) is 24.3. The highest BCUT2D eigenvalue weighted by Crippen LogP contribution is 2.61. The molecular weight excluding hydrogens is 1030 g/mol. The van der Waals surface area contributed by atoms with Gasteiger partial charge in [-0.2, -0.15) is 0 Å². The molecule has 4 heterocycles. The predicted molar refractivity (Wildman–Crippen MR) is 357 cm³/mol.